The van der Waals surface area contributed by atoms with E-state index in [1.807, 2.05) is 17.7 Å². The summed E-state index contributed by atoms with van der Waals surface area (Å²) in [5, 5.41) is 4.84. The first-order valence-electron chi connectivity index (χ1n) is 6.93. The minimum absolute atomic E-state index is 0.1000. The third kappa shape index (κ3) is 2.10. The van der Waals surface area contributed by atoms with Gasteiger partial charge in [0.25, 0.3) is 5.56 Å². The van der Waals surface area contributed by atoms with E-state index in [0.29, 0.717) is 29.4 Å². The van der Waals surface area contributed by atoms with Crippen molar-refractivity contribution in [3.63, 3.8) is 0 Å². The summed E-state index contributed by atoms with van der Waals surface area (Å²) in [5.74, 6) is 0.604. The van der Waals surface area contributed by atoms with Crippen LogP contribution in [-0.4, -0.2) is 29.3 Å². The molecule has 3 heterocycles. The Labute approximate surface area is 120 Å². The average Bonchev–Trinajstić information content (AvgIpc) is 3.22. The lowest BCUT2D eigenvalue weighted by Gasteiger charge is -2.05. The van der Waals surface area contributed by atoms with Crippen LogP contribution < -0.4 is 5.56 Å². The van der Waals surface area contributed by atoms with Gasteiger partial charge in [0.15, 0.2) is 5.65 Å². The molecule has 1 aliphatic rings. The molecule has 3 aromatic rings. The van der Waals surface area contributed by atoms with E-state index in [4.69, 9.17) is 0 Å². The third-order valence-corrected chi connectivity index (χ3v) is 3.63. The van der Waals surface area contributed by atoms with E-state index in [1.165, 1.54) is 4.57 Å². The van der Waals surface area contributed by atoms with Crippen LogP contribution in [0.15, 0.2) is 29.6 Å². The molecule has 0 aromatic carbocycles. The Morgan fingerprint density at radius 2 is 2.19 bits per heavy atom. The largest absolute Gasteiger partial charge is 0.291 e. The van der Waals surface area contributed by atoms with Crippen molar-refractivity contribution in [1.29, 1.82) is 0 Å². The van der Waals surface area contributed by atoms with E-state index in [0.717, 1.165) is 18.5 Å². The molecule has 0 N–H and O–H groups in total. The first-order chi connectivity index (χ1) is 10.2. The number of aromatic nitrogens is 6. The smallest absolute Gasteiger partial charge is 0.264 e. The molecule has 0 bridgehead atoms. The summed E-state index contributed by atoms with van der Waals surface area (Å²) >= 11 is 0. The number of aryl methyl sites for hydroxylation is 1. The summed E-state index contributed by atoms with van der Waals surface area (Å²) in [7, 11) is 0. The molecule has 4 rings (SSSR count). The Balaban J connectivity index is 1.76. The van der Waals surface area contributed by atoms with Crippen LogP contribution in [0.25, 0.3) is 11.0 Å². The topological polar surface area (TPSA) is 78.5 Å². The zero-order valence-electron chi connectivity index (χ0n) is 11.6. The quantitative estimate of drug-likeness (QED) is 0.718. The second kappa shape index (κ2) is 4.47. The third-order valence-electron chi connectivity index (χ3n) is 3.63. The van der Waals surface area contributed by atoms with Crippen LogP contribution in [0.4, 0.5) is 0 Å². The van der Waals surface area contributed by atoms with Crippen molar-refractivity contribution in [2.75, 3.05) is 0 Å². The van der Waals surface area contributed by atoms with Gasteiger partial charge in [-0.2, -0.15) is 5.10 Å². The molecule has 0 aliphatic heterocycles. The van der Waals surface area contributed by atoms with Gasteiger partial charge < -0.3 is 0 Å². The lowest BCUT2D eigenvalue weighted by atomic mass is 10.4. The summed E-state index contributed by atoms with van der Waals surface area (Å²) in [4.78, 5) is 25.4. The molecule has 7 nitrogen and oxygen atoms in total. The number of hydrogen-bond donors (Lipinski definition) is 0. The van der Waals surface area contributed by atoms with E-state index < -0.39 is 0 Å². The fraction of sp³-hybridized carbons (Fsp3) is 0.357. The van der Waals surface area contributed by atoms with Gasteiger partial charge in [-0.25, -0.2) is 19.6 Å². The molecule has 106 valence electrons. The molecule has 0 atom stereocenters. The van der Waals surface area contributed by atoms with Crippen molar-refractivity contribution in [2.45, 2.75) is 32.4 Å². The Morgan fingerprint density at radius 1 is 1.33 bits per heavy atom. The highest BCUT2D eigenvalue weighted by molar-refractivity contribution is 5.73. The van der Waals surface area contributed by atoms with Crippen LogP contribution in [0.5, 0.6) is 0 Å². The molecule has 1 fully saturated rings. The van der Waals surface area contributed by atoms with Gasteiger partial charge in [-0.05, 0) is 25.8 Å². The van der Waals surface area contributed by atoms with Crippen LogP contribution in [0.3, 0.4) is 0 Å². The molecular weight excluding hydrogens is 268 g/mol. The summed E-state index contributed by atoms with van der Waals surface area (Å²) in [6.45, 7) is 2.22. The monoisotopic (exact) mass is 282 g/mol. The van der Waals surface area contributed by atoms with Gasteiger partial charge in [0.05, 0.1) is 18.8 Å². The van der Waals surface area contributed by atoms with E-state index in [-0.39, 0.29) is 5.56 Å². The molecule has 7 heteroatoms. The van der Waals surface area contributed by atoms with Crippen molar-refractivity contribution in [3.8, 4) is 0 Å². The molecular formula is C14H14N6O. The molecule has 1 saturated carbocycles. The van der Waals surface area contributed by atoms with E-state index in [2.05, 4.69) is 20.1 Å². The second-order valence-electron chi connectivity index (χ2n) is 5.35. The van der Waals surface area contributed by atoms with Gasteiger partial charge in [0.2, 0.25) is 0 Å². The highest BCUT2D eigenvalue weighted by Crippen LogP contribution is 2.35. The van der Waals surface area contributed by atoms with Crippen molar-refractivity contribution in [2.24, 2.45) is 0 Å². The predicted octanol–water partition coefficient (Wildman–Crippen LogP) is 1.07. The van der Waals surface area contributed by atoms with Gasteiger partial charge in [-0.3, -0.25) is 9.36 Å². The van der Waals surface area contributed by atoms with Gasteiger partial charge in [-0.1, -0.05) is 0 Å². The lowest BCUT2D eigenvalue weighted by Crippen LogP contribution is -2.22. The standard InChI is InChI=1S/C14H14N6O/c1-9-4-5-15-12(18-9)7-19-8-16-13-11(14(19)21)6-17-20(13)10-2-3-10/h4-6,8,10H,2-3,7H2,1H3. The molecule has 0 spiro atoms. The number of nitrogens with zero attached hydrogens (tertiary/aromatic N) is 6. The predicted molar refractivity (Wildman–Crippen MR) is 75.9 cm³/mol. The van der Waals surface area contributed by atoms with E-state index in [9.17, 15) is 4.79 Å². The Bertz CT molecular complexity index is 877. The molecule has 3 aromatic heterocycles. The zero-order chi connectivity index (χ0) is 14.4. The molecule has 21 heavy (non-hydrogen) atoms. The van der Waals surface area contributed by atoms with E-state index >= 15 is 0 Å². The van der Waals surface area contributed by atoms with Crippen molar-refractivity contribution < 1.29 is 0 Å². The molecule has 0 radical (unpaired) electrons. The minimum atomic E-state index is -0.1000. The van der Waals surface area contributed by atoms with Gasteiger partial charge in [0.1, 0.15) is 17.5 Å². The maximum atomic E-state index is 12.5. The maximum Gasteiger partial charge on any atom is 0.264 e. The van der Waals surface area contributed by atoms with Crippen LogP contribution in [0, 0.1) is 6.92 Å². The van der Waals surface area contributed by atoms with E-state index in [1.54, 1.807) is 18.7 Å². The van der Waals surface area contributed by atoms with Crippen LogP contribution in [0.1, 0.15) is 30.4 Å². The highest BCUT2D eigenvalue weighted by Gasteiger charge is 2.27. The Morgan fingerprint density at radius 3 is 2.95 bits per heavy atom. The Kier molecular flexibility index (Phi) is 2.60. The second-order valence-corrected chi connectivity index (χ2v) is 5.35. The Hall–Kier alpha value is -2.57. The zero-order valence-corrected chi connectivity index (χ0v) is 11.6. The summed E-state index contributed by atoms with van der Waals surface area (Å²) in [6.07, 6.45) is 7.07. The summed E-state index contributed by atoms with van der Waals surface area (Å²) < 4.78 is 3.38. The average molecular weight is 282 g/mol. The van der Waals surface area contributed by atoms with Gasteiger partial charge in [-0.15, -0.1) is 0 Å². The molecule has 1 aliphatic carbocycles. The normalized spacial score (nSPS) is 14.7. The van der Waals surface area contributed by atoms with Crippen molar-refractivity contribution in [3.05, 3.63) is 46.7 Å². The molecule has 0 unspecified atom stereocenters. The fourth-order valence-electron chi connectivity index (χ4n) is 2.40. The number of rotatable bonds is 3. The number of hydrogen-bond acceptors (Lipinski definition) is 5. The summed E-state index contributed by atoms with van der Waals surface area (Å²) in [5.41, 5.74) is 1.45. The summed E-state index contributed by atoms with van der Waals surface area (Å²) in [6, 6.07) is 2.23. The minimum Gasteiger partial charge on any atom is -0.291 e. The van der Waals surface area contributed by atoms with Crippen LogP contribution >= 0.6 is 0 Å². The number of fused-ring (bicyclic) bond motifs is 1. The lowest BCUT2D eigenvalue weighted by molar-refractivity contribution is 0.652. The van der Waals surface area contributed by atoms with Crippen molar-refractivity contribution >= 4 is 11.0 Å². The van der Waals surface area contributed by atoms with Crippen LogP contribution in [0.2, 0.25) is 0 Å². The fourth-order valence-corrected chi connectivity index (χ4v) is 2.40. The van der Waals surface area contributed by atoms with Crippen molar-refractivity contribution in [1.82, 2.24) is 29.3 Å². The van der Waals surface area contributed by atoms with Gasteiger partial charge >= 0.3 is 0 Å². The molecule has 0 amide bonds. The first kappa shape index (κ1) is 12.2. The molecule has 0 saturated heterocycles. The SMILES string of the molecule is Cc1ccnc(Cn2cnc3c(cnn3C3CC3)c2=O)n1. The highest BCUT2D eigenvalue weighted by atomic mass is 16.1. The van der Waals surface area contributed by atoms with Gasteiger partial charge in [0, 0.05) is 11.9 Å². The van der Waals surface area contributed by atoms with Crippen LogP contribution in [-0.2, 0) is 6.54 Å². The maximum absolute atomic E-state index is 12.5. The first-order valence-corrected chi connectivity index (χ1v) is 6.93.